The van der Waals surface area contributed by atoms with Gasteiger partial charge in [0.1, 0.15) is 12.1 Å². The minimum Gasteiger partial charge on any atom is -0.508 e. The molecule has 1 atom stereocenters. The Bertz CT molecular complexity index is 962. The molecular formula is C19H22N6O5. The largest absolute Gasteiger partial charge is 0.508 e. The van der Waals surface area contributed by atoms with Crippen LogP contribution in [0.1, 0.15) is 28.4 Å². The van der Waals surface area contributed by atoms with Gasteiger partial charge >= 0.3 is 5.97 Å². The number of carboxylic acid groups (broad SMARTS) is 1. The number of amides is 2. The van der Waals surface area contributed by atoms with Crippen molar-refractivity contribution in [2.24, 2.45) is 10.9 Å². The molecule has 30 heavy (non-hydrogen) atoms. The number of phenols is 1. The van der Waals surface area contributed by atoms with Gasteiger partial charge in [0.15, 0.2) is 0 Å². The number of carboxylic acids is 1. The van der Waals surface area contributed by atoms with E-state index in [4.69, 9.17) is 16.7 Å². The standard InChI is InChI=1S/C19H22N6O5/c20-12-4-5-16(26)14(7-12)15(8-18(28)29)25-17(27)9-22-19(30)11-2-1-3-13(6-11)23-10-24-21/h1-7,10,15,26H,8-9,20-21H2,(H,22,30)(H,23,24)(H,25,27)(H,28,29). The fourth-order valence-electron chi connectivity index (χ4n) is 2.64. The number of phenolic OH excluding ortho intramolecular Hbond substituents is 1. The highest BCUT2D eigenvalue weighted by molar-refractivity contribution is 5.97. The number of nitrogens with two attached hydrogens (primary N) is 2. The topological polar surface area (TPSA) is 192 Å². The maximum atomic E-state index is 12.3. The van der Waals surface area contributed by atoms with Gasteiger partial charge in [0.25, 0.3) is 5.91 Å². The number of anilines is 2. The predicted molar refractivity (Wildman–Crippen MR) is 111 cm³/mol. The van der Waals surface area contributed by atoms with Gasteiger partial charge in [-0.15, -0.1) is 0 Å². The molecule has 2 rings (SSSR count). The summed E-state index contributed by atoms with van der Waals surface area (Å²) in [4.78, 5) is 35.7. The first-order valence-electron chi connectivity index (χ1n) is 8.76. The predicted octanol–water partition coefficient (Wildman–Crippen LogP) is 0.350. The fraction of sp³-hybridized carbons (Fsp3) is 0.158. The van der Waals surface area contributed by atoms with Crippen molar-refractivity contribution < 1.29 is 24.6 Å². The molecule has 0 aromatic heterocycles. The number of carbonyl (C=O) groups is 3. The minimum atomic E-state index is -1.18. The molecule has 0 bridgehead atoms. The summed E-state index contributed by atoms with van der Waals surface area (Å²) >= 11 is 0. The number of hydrogen-bond donors (Lipinski definition) is 7. The lowest BCUT2D eigenvalue weighted by Gasteiger charge is -2.19. The van der Waals surface area contributed by atoms with Crippen molar-refractivity contribution in [1.82, 2.24) is 10.6 Å². The highest BCUT2D eigenvalue weighted by Crippen LogP contribution is 2.28. The first-order valence-corrected chi connectivity index (χ1v) is 8.76. The second-order valence-corrected chi connectivity index (χ2v) is 6.22. The molecule has 0 saturated heterocycles. The van der Waals surface area contributed by atoms with Crippen molar-refractivity contribution in [2.75, 3.05) is 17.6 Å². The van der Waals surface area contributed by atoms with Crippen LogP contribution in [0, 0.1) is 0 Å². The van der Waals surface area contributed by atoms with Crippen LogP contribution in [-0.2, 0) is 9.59 Å². The Kier molecular flexibility index (Phi) is 7.57. The summed E-state index contributed by atoms with van der Waals surface area (Å²) in [6.07, 6.45) is 0.770. The molecule has 0 spiro atoms. The summed E-state index contributed by atoms with van der Waals surface area (Å²) in [6, 6.07) is 9.52. The summed E-state index contributed by atoms with van der Waals surface area (Å²) in [7, 11) is 0. The van der Waals surface area contributed by atoms with E-state index in [0.717, 1.165) is 0 Å². The average Bonchev–Trinajstić information content (AvgIpc) is 2.71. The molecule has 0 fully saturated rings. The van der Waals surface area contributed by atoms with E-state index in [1.807, 2.05) is 0 Å². The van der Waals surface area contributed by atoms with Crippen LogP contribution in [0.5, 0.6) is 5.75 Å². The molecule has 2 amide bonds. The molecule has 158 valence electrons. The summed E-state index contributed by atoms with van der Waals surface area (Å²) < 4.78 is 0. The Morgan fingerprint density at radius 1 is 1.17 bits per heavy atom. The number of benzene rings is 2. The van der Waals surface area contributed by atoms with Crippen LogP contribution in [0.3, 0.4) is 0 Å². The Morgan fingerprint density at radius 3 is 2.63 bits per heavy atom. The number of aliphatic carboxylic acids is 1. The minimum absolute atomic E-state index is 0.164. The van der Waals surface area contributed by atoms with Gasteiger partial charge in [0.05, 0.1) is 19.0 Å². The second kappa shape index (κ2) is 10.3. The van der Waals surface area contributed by atoms with Gasteiger partial charge in [-0.25, -0.2) is 0 Å². The van der Waals surface area contributed by atoms with Gasteiger partial charge < -0.3 is 37.7 Å². The zero-order valence-corrected chi connectivity index (χ0v) is 15.8. The number of hydrazone groups is 1. The first-order chi connectivity index (χ1) is 14.3. The van der Waals surface area contributed by atoms with Crippen LogP contribution in [0.4, 0.5) is 11.4 Å². The van der Waals surface area contributed by atoms with Crippen molar-refractivity contribution in [2.45, 2.75) is 12.5 Å². The van der Waals surface area contributed by atoms with Crippen LogP contribution in [-0.4, -0.2) is 40.9 Å². The van der Waals surface area contributed by atoms with Crippen molar-refractivity contribution in [3.8, 4) is 5.75 Å². The van der Waals surface area contributed by atoms with Crippen LogP contribution in [0.2, 0.25) is 0 Å². The Balaban J connectivity index is 2.02. The highest BCUT2D eigenvalue weighted by Gasteiger charge is 2.21. The van der Waals surface area contributed by atoms with Gasteiger partial charge in [-0.2, -0.15) is 5.10 Å². The van der Waals surface area contributed by atoms with Gasteiger partial charge in [-0.1, -0.05) is 6.07 Å². The fourth-order valence-corrected chi connectivity index (χ4v) is 2.64. The number of aromatic hydroxyl groups is 1. The molecule has 1 unspecified atom stereocenters. The summed E-state index contributed by atoms with van der Waals surface area (Å²) in [6.45, 7) is -0.403. The molecule has 0 radical (unpaired) electrons. The molecular weight excluding hydrogens is 392 g/mol. The maximum Gasteiger partial charge on any atom is 0.305 e. The van der Waals surface area contributed by atoms with E-state index in [9.17, 15) is 19.5 Å². The summed E-state index contributed by atoms with van der Waals surface area (Å²) in [5.41, 5.74) is 7.00. The Labute approximate surface area is 171 Å². The number of nitrogens with zero attached hydrogens (tertiary/aromatic N) is 1. The normalized spacial score (nSPS) is 11.6. The van der Waals surface area contributed by atoms with Crippen molar-refractivity contribution >= 4 is 35.5 Å². The third-order valence-corrected chi connectivity index (χ3v) is 3.98. The number of nitrogens with one attached hydrogen (secondary N) is 3. The van der Waals surface area contributed by atoms with Crippen molar-refractivity contribution in [3.63, 3.8) is 0 Å². The molecule has 0 aliphatic rings. The molecule has 11 heteroatoms. The monoisotopic (exact) mass is 414 g/mol. The number of nitrogen functional groups attached to an aromatic ring is 1. The molecule has 9 N–H and O–H groups in total. The van der Waals surface area contributed by atoms with E-state index in [1.54, 1.807) is 18.2 Å². The number of carbonyl (C=O) groups excluding carboxylic acids is 2. The zero-order valence-electron chi connectivity index (χ0n) is 15.8. The van der Waals surface area contributed by atoms with Gasteiger partial charge in [-0.3, -0.25) is 14.4 Å². The molecule has 0 aliphatic carbocycles. The smallest absolute Gasteiger partial charge is 0.305 e. The first kappa shape index (κ1) is 22.0. The Hall–Kier alpha value is -4.28. The zero-order chi connectivity index (χ0) is 22.1. The third kappa shape index (κ3) is 6.41. The van der Waals surface area contributed by atoms with Crippen LogP contribution < -0.4 is 27.5 Å². The maximum absolute atomic E-state index is 12.3. The molecule has 2 aromatic carbocycles. The quantitative estimate of drug-likeness (QED) is 0.0762. The molecule has 0 heterocycles. The molecule has 0 aliphatic heterocycles. The van der Waals surface area contributed by atoms with Gasteiger partial charge in [0.2, 0.25) is 5.91 Å². The highest BCUT2D eigenvalue weighted by atomic mass is 16.4. The molecule has 0 saturated carbocycles. The van der Waals surface area contributed by atoms with Crippen LogP contribution in [0.15, 0.2) is 47.6 Å². The van der Waals surface area contributed by atoms with E-state index in [2.05, 4.69) is 21.1 Å². The molecule has 11 nitrogen and oxygen atoms in total. The van der Waals surface area contributed by atoms with Crippen molar-refractivity contribution in [3.05, 3.63) is 53.6 Å². The van der Waals surface area contributed by atoms with Crippen molar-refractivity contribution in [1.29, 1.82) is 0 Å². The van der Waals surface area contributed by atoms with E-state index >= 15 is 0 Å². The van der Waals surface area contributed by atoms with E-state index in [1.165, 1.54) is 30.6 Å². The molecule has 2 aromatic rings. The van der Waals surface area contributed by atoms with Gasteiger partial charge in [-0.05, 0) is 36.4 Å². The van der Waals surface area contributed by atoms with E-state index in [-0.39, 0.29) is 16.9 Å². The summed E-state index contributed by atoms with van der Waals surface area (Å²) in [5, 5.41) is 30.1. The Morgan fingerprint density at radius 2 is 1.93 bits per heavy atom. The van der Waals surface area contributed by atoms with Crippen LogP contribution >= 0.6 is 0 Å². The number of hydrogen-bond acceptors (Lipinski definition) is 7. The number of rotatable bonds is 9. The average molecular weight is 414 g/mol. The summed E-state index contributed by atoms with van der Waals surface area (Å²) in [5.74, 6) is 2.47. The van der Waals surface area contributed by atoms with E-state index < -0.39 is 36.8 Å². The van der Waals surface area contributed by atoms with Crippen LogP contribution in [0.25, 0.3) is 0 Å². The lowest BCUT2D eigenvalue weighted by molar-refractivity contribution is -0.137. The third-order valence-electron chi connectivity index (χ3n) is 3.98. The van der Waals surface area contributed by atoms with E-state index in [0.29, 0.717) is 11.4 Å². The lowest BCUT2D eigenvalue weighted by Crippen LogP contribution is -2.39. The second-order valence-electron chi connectivity index (χ2n) is 6.22. The van der Waals surface area contributed by atoms with Gasteiger partial charge in [0, 0.05) is 22.5 Å². The lowest BCUT2D eigenvalue weighted by atomic mass is 10.0. The SMILES string of the molecule is NN=CNc1cccc(C(=O)NCC(=O)NC(CC(=O)O)c2cc(N)ccc2O)c1.